The highest BCUT2D eigenvalue weighted by atomic mass is 127. The van der Waals surface area contributed by atoms with Crippen molar-refractivity contribution in [3.63, 3.8) is 0 Å². The van der Waals surface area contributed by atoms with E-state index >= 15 is 0 Å². The summed E-state index contributed by atoms with van der Waals surface area (Å²) in [7, 11) is 1.60. The molecular formula is C15H21IN6OS. The molecule has 2 N–H and O–H groups in total. The molecule has 2 aromatic heterocycles. The Bertz CT molecular complexity index is 658. The van der Waals surface area contributed by atoms with E-state index in [2.05, 4.69) is 24.8 Å². The van der Waals surface area contributed by atoms with Crippen LogP contribution in [-0.2, 0) is 6.54 Å². The summed E-state index contributed by atoms with van der Waals surface area (Å²) >= 11 is 1.67. The van der Waals surface area contributed by atoms with Gasteiger partial charge in [-0.1, -0.05) is 0 Å². The first-order valence-corrected chi connectivity index (χ1v) is 8.32. The van der Waals surface area contributed by atoms with Crippen molar-refractivity contribution in [1.82, 2.24) is 14.9 Å². The lowest BCUT2D eigenvalue weighted by molar-refractivity contribution is 0.380. The number of aromatic nitrogens is 2. The molecule has 0 saturated carbocycles. The normalized spacial score (nSPS) is 15.1. The standard InChI is InChI=1S/C15H20N6OS.HI/c1-22-13-10-12(2-3-17-13)11-19-14(16)20-5-7-21(8-6-20)15-18-4-9-23-15;/h2-4,9-10H,5-8,11H2,1H3,(H2,16,19);1H. The molecule has 130 valence electrons. The van der Waals surface area contributed by atoms with E-state index in [9.17, 15) is 0 Å². The van der Waals surface area contributed by atoms with Gasteiger partial charge in [-0.3, -0.25) is 0 Å². The summed E-state index contributed by atoms with van der Waals surface area (Å²) < 4.78 is 5.11. The quantitative estimate of drug-likeness (QED) is 0.426. The molecule has 0 radical (unpaired) electrons. The highest BCUT2D eigenvalue weighted by Crippen LogP contribution is 2.18. The zero-order valence-corrected chi connectivity index (χ0v) is 16.6. The monoisotopic (exact) mass is 460 g/mol. The second kappa shape index (κ2) is 9.02. The van der Waals surface area contributed by atoms with Crippen LogP contribution in [0.15, 0.2) is 34.9 Å². The predicted octanol–water partition coefficient (Wildman–Crippen LogP) is 1.80. The van der Waals surface area contributed by atoms with E-state index in [1.165, 1.54) is 0 Å². The zero-order valence-electron chi connectivity index (χ0n) is 13.5. The summed E-state index contributed by atoms with van der Waals surface area (Å²) in [6.45, 7) is 4.06. The number of hydrogen-bond donors (Lipinski definition) is 1. The van der Waals surface area contributed by atoms with Crippen molar-refractivity contribution >= 4 is 46.4 Å². The van der Waals surface area contributed by atoms with Crippen LogP contribution in [0.1, 0.15) is 5.56 Å². The Kier molecular flexibility index (Phi) is 7.03. The summed E-state index contributed by atoms with van der Waals surface area (Å²) in [6.07, 6.45) is 3.55. The molecule has 3 rings (SSSR count). The van der Waals surface area contributed by atoms with Crippen LogP contribution in [0.2, 0.25) is 0 Å². The first-order valence-electron chi connectivity index (χ1n) is 7.44. The third-order valence-corrected chi connectivity index (χ3v) is 4.56. The lowest BCUT2D eigenvalue weighted by Crippen LogP contribution is -2.51. The molecule has 3 heterocycles. The Morgan fingerprint density at radius 1 is 1.29 bits per heavy atom. The van der Waals surface area contributed by atoms with Gasteiger partial charge in [-0.2, -0.15) is 0 Å². The summed E-state index contributed by atoms with van der Waals surface area (Å²) in [5.41, 5.74) is 7.16. The van der Waals surface area contributed by atoms with Crippen LogP contribution >= 0.6 is 35.3 Å². The molecule has 0 bridgehead atoms. The molecule has 7 nitrogen and oxygen atoms in total. The van der Waals surface area contributed by atoms with Crippen molar-refractivity contribution in [1.29, 1.82) is 0 Å². The van der Waals surface area contributed by atoms with Gasteiger partial charge in [-0.25, -0.2) is 15.0 Å². The number of methoxy groups -OCH3 is 1. The van der Waals surface area contributed by atoms with Gasteiger partial charge >= 0.3 is 0 Å². The van der Waals surface area contributed by atoms with Gasteiger partial charge in [0.15, 0.2) is 11.1 Å². The number of anilines is 1. The van der Waals surface area contributed by atoms with Gasteiger partial charge in [0, 0.05) is 50.0 Å². The van der Waals surface area contributed by atoms with Crippen LogP contribution in [-0.4, -0.2) is 54.1 Å². The number of ether oxygens (including phenoxy) is 1. The molecule has 0 amide bonds. The number of rotatable bonds is 4. The summed E-state index contributed by atoms with van der Waals surface area (Å²) in [5, 5.41) is 3.07. The summed E-state index contributed by atoms with van der Waals surface area (Å²) in [5.74, 6) is 1.17. The van der Waals surface area contributed by atoms with E-state index in [1.807, 2.05) is 23.7 Å². The van der Waals surface area contributed by atoms with Crippen LogP contribution < -0.4 is 15.4 Å². The maximum Gasteiger partial charge on any atom is 0.213 e. The first-order chi connectivity index (χ1) is 11.3. The molecule has 0 aliphatic carbocycles. The molecule has 1 aliphatic heterocycles. The van der Waals surface area contributed by atoms with Crippen molar-refractivity contribution in [3.8, 4) is 5.88 Å². The van der Waals surface area contributed by atoms with Gasteiger partial charge in [-0.05, 0) is 11.6 Å². The van der Waals surface area contributed by atoms with Crippen molar-refractivity contribution in [2.45, 2.75) is 6.54 Å². The molecular weight excluding hydrogens is 439 g/mol. The van der Waals surface area contributed by atoms with Crippen LogP contribution in [0.4, 0.5) is 5.13 Å². The van der Waals surface area contributed by atoms with Crippen molar-refractivity contribution in [2.75, 3.05) is 38.2 Å². The molecule has 1 saturated heterocycles. The Morgan fingerprint density at radius 2 is 2.08 bits per heavy atom. The fourth-order valence-corrected chi connectivity index (χ4v) is 3.13. The van der Waals surface area contributed by atoms with Crippen molar-refractivity contribution in [3.05, 3.63) is 35.5 Å². The SMILES string of the molecule is COc1cc(CN=C(N)N2CCN(c3nccs3)CC2)ccn1.I. The second-order valence-corrected chi connectivity index (χ2v) is 6.04. The van der Waals surface area contributed by atoms with Crippen molar-refractivity contribution in [2.24, 2.45) is 10.7 Å². The predicted molar refractivity (Wildman–Crippen MR) is 107 cm³/mol. The number of nitrogens with zero attached hydrogens (tertiary/aromatic N) is 5. The molecule has 24 heavy (non-hydrogen) atoms. The Balaban J connectivity index is 0.00000208. The Hall–Kier alpha value is -1.62. The fourth-order valence-electron chi connectivity index (χ4n) is 2.43. The summed E-state index contributed by atoms with van der Waals surface area (Å²) in [6, 6.07) is 3.79. The largest absolute Gasteiger partial charge is 0.481 e. The molecule has 1 fully saturated rings. The van der Waals surface area contributed by atoms with Gasteiger partial charge < -0.3 is 20.3 Å². The molecule has 2 aromatic rings. The van der Waals surface area contributed by atoms with Crippen LogP contribution in [0.3, 0.4) is 0 Å². The highest BCUT2D eigenvalue weighted by molar-refractivity contribution is 14.0. The number of nitrogens with two attached hydrogens (primary N) is 1. The Labute approximate surface area is 162 Å². The van der Waals surface area contributed by atoms with Gasteiger partial charge in [-0.15, -0.1) is 35.3 Å². The third-order valence-electron chi connectivity index (χ3n) is 3.73. The van der Waals surface area contributed by atoms with E-state index in [0.717, 1.165) is 36.9 Å². The molecule has 0 spiro atoms. The van der Waals surface area contributed by atoms with E-state index in [4.69, 9.17) is 10.5 Å². The lowest BCUT2D eigenvalue weighted by atomic mass is 10.3. The van der Waals surface area contributed by atoms with Crippen LogP contribution in [0.25, 0.3) is 0 Å². The molecule has 1 aliphatic rings. The number of aliphatic imine (C=N–C) groups is 1. The zero-order chi connectivity index (χ0) is 16.1. The van der Waals surface area contributed by atoms with Crippen LogP contribution in [0.5, 0.6) is 5.88 Å². The summed E-state index contributed by atoms with van der Waals surface area (Å²) in [4.78, 5) is 17.3. The van der Waals surface area contributed by atoms with E-state index in [-0.39, 0.29) is 24.0 Å². The van der Waals surface area contributed by atoms with E-state index in [0.29, 0.717) is 18.4 Å². The van der Waals surface area contributed by atoms with E-state index in [1.54, 1.807) is 24.6 Å². The average Bonchev–Trinajstić information content (AvgIpc) is 3.14. The minimum atomic E-state index is 0. The van der Waals surface area contributed by atoms with Crippen LogP contribution in [0, 0.1) is 0 Å². The van der Waals surface area contributed by atoms with Gasteiger partial charge in [0.2, 0.25) is 5.88 Å². The number of hydrogen-bond acceptors (Lipinski definition) is 6. The first kappa shape index (κ1) is 18.7. The van der Waals surface area contributed by atoms with Gasteiger partial charge in [0.25, 0.3) is 0 Å². The number of halogens is 1. The number of thiazole rings is 1. The number of guanidine groups is 1. The topological polar surface area (TPSA) is 79.9 Å². The smallest absolute Gasteiger partial charge is 0.213 e. The molecule has 0 atom stereocenters. The molecule has 9 heteroatoms. The number of piperazine rings is 1. The third kappa shape index (κ3) is 4.69. The maximum absolute atomic E-state index is 6.13. The number of pyridine rings is 1. The molecule has 0 unspecified atom stereocenters. The van der Waals surface area contributed by atoms with E-state index < -0.39 is 0 Å². The van der Waals surface area contributed by atoms with Gasteiger partial charge in [0.1, 0.15) is 0 Å². The fraction of sp³-hybridized carbons (Fsp3) is 0.400. The minimum absolute atomic E-state index is 0. The average molecular weight is 460 g/mol. The highest BCUT2D eigenvalue weighted by Gasteiger charge is 2.19. The lowest BCUT2D eigenvalue weighted by Gasteiger charge is -2.35. The van der Waals surface area contributed by atoms with Crippen molar-refractivity contribution < 1.29 is 4.74 Å². The maximum atomic E-state index is 6.13. The Morgan fingerprint density at radius 3 is 2.75 bits per heavy atom. The minimum Gasteiger partial charge on any atom is -0.481 e. The van der Waals surface area contributed by atoms with Gasteiger partial charge in [0.05, 0.1) is 13.7 Å². The second-order valence-electron chi connectivity index (χ2n) is 5.17. The molecule has 0 aromatic carbocycles.